The first-order valence-corrected chi connectivity index (χ1v) is 14.4. The molecule has 180 valence electrons. The highest BCUT2D eigenvalue weighted by Crippen LogP contribution is 2.47. The van der Waals surface area contributed by atoms with E-state index < -0.39 is 0 Å². The molecule has 2 fully saturated rings. The number of benzene rings is 3. The molecule has 0 aliphatic heterocycles. The molecule has 36 heavy (non-hydrogen) atoms. The van der Waals surface area contributed by atoms with E-state index in [1.54, 1.807) is 11.1 Å². The number of nitrogens with zero attached hydrogens (tertiary/aromatic N) is 2. The highest BCUT2D eigenvalue weighted by atomic mass is 15.0. The first-order valence-electron chi connectivity index (χ1n) is 14.4. The first kappa shape index (κ1) is 21.0. The standard InChI is InChI=1S/C34H34N2/c1-3-11-22(12-4-1)25-17-10-18-26(23-13-5-2-6-14-23)32(25)34-35-29-21-24-15-9-19-28-27-16-7-8-20-30(27)36(34)33(29)31(24)28/h7-10,15-20,22-23H,1-6,11-14,21H2. The largest absolute Gasteiger partial charge is 0.291 e. The Morgan fingerprint density at radius 1 is 0.639 bits per heavy atom. The Morgan fingerprint density at radius 2 is 1.28 bits per heavy atom. The molecule has 8 rings (SSSR count). The van der Waals surface area contributed by atoms with E-state index in [2.05, 4.69) is 65.1 Å². The molecular weight excluding hydrogens is 436 g/mol. The van der Waals surface area contributed by atoms with Gasteiger partial charge in [-0.05, 0) is 65.7 Å². The number of pyridine rings is 1. The summed E-state index contributed by atoms with van der Waals surface area (Å²) in [6, 6.07) is 23.2. The molecule has 0 bridgehead atoms. The SMILES string of the molecule is c1cc(C2CCCCC2)c(-c2nc3c4c5c(cccc5c5ccccc5n24)C3)c(C2CCCCC2)c1. The van der Waals surface area contributed by atoms with Gasteiger partial charge in [0.15, 0.2) is 0 Å². The lowest BCUT2D eigenvalue weighted by Crippen LogP contribution is -2.12. The molecule has 3 aliphatic carbocycles. The van der Waals surface area contributed by atoms with Crippen LogP contribution in [0.4, 0.5) is 0 Å². The van der Waals surface area contributed by atoms with Crippen molar-refractivity contribution in [1.82, 2.24) is 9.38 Å². The summed E-state index contributed by atoms with van der Waals surface area (Å²) in [5, 5.41) is 4.16. The highest BCUT2D eigenvalue weighted by Gasteiger charge is 2.31. The first-order chi connectivity index (χ1) is 17.9. The fourth-order valence-electron chi connectivity index (χ4n) is 7.93. The molecule has 2 saturated carbocycles. The molecule has 0 N–H and O–H groups in total. The van der Waals surface area contributed by atoms with Gasteiger partial charge in [0.25, 0.3) is 0 Å². The zero-order chi connectivity index (χ0) is 23.6. The van der Waals surface area contributed by atoms with Crippen LogP contribution in [0.25, 0.3) is 38.6 Å². The van der Waals surface area contributed by atoms with Crippen molar-refractivity contribution < 1.29 is 0 Å². The van der Waals surface area contributed by atoms with Gasteiger partial charge in [-0.15, -0.1) is 0 Å². The lowest BCUT2D eigenvalue weighted by molar-refractivity contribution is 0.436. The van der Waals surface area contributed by atoms with Crippen LogP contribution in [0.15, 0.2) is 60.7 Å². The van der Waals surface area contributed by atoms with E-state index >= 15 is 0 Å². The lowest BCUT2D eigenvalue weighted by Gasteiger charge is -2.29. The minimum atomic E-state index is 0.665. The van der Waals surface area contributed by atoms with Gasteiger partial charge < -0.3 is 0 Å². The molecule has 2 nitrogen and oxygen atoms in total. The summed E-state index contributed by atoms with van der Waals surface area (Å²) >= 11 is 0. The van der Waals surface area contributed by atoms with E-state index in [1.807, 2.05) is 0 Å². The molecular formula is C34H34N2. The minimum Gasteiger partial charge on any atom is -0.291 e. The van der Waals surface area contributed by atoms with Gasteiger partial charge in [-0.25, -0.2) is 4.98 Å². The number of fused-ring (bicyclic) bond motifs is 3. The topological polar surface area (TPSA) is 17.3 Å². The van der Waals surface area contributed by atoms with Gasteiger partial charge in [-0.3, -0.25) is 4.40 Å². The number of imidazole rings is 1. The van der Waals surface area contributed by atoms with Crippen molar-refractivity contribution >= 4 is 27.2 Å². The van der Waals surface area contributed by atoms with Crippen LogP contribution in [0.1, 0.15) is 98.4 Å². The number of hydrogen-bond donors (Lipinski definition) is 0. The Labute approximate surface area is 213 Å². The maximum Gasteiger partial charge on any atom is 0.145 e. The van der Waals surface area contributed by atoms with Crippen molar-refractivity contribution in [2.75, 3.05) is 0 Å². The van der Waals surface area contributed by atoms with Crippen LogP contribution in [0, 0.1) is 0 Å². The fraction of sp³-hybridized carbons (Fsp3) is 0.382. The number of aromatic nitrogens is 2. The van der Waals surface area contributed by atoms with Gasteiger partial charge in [0.05, 0.1) is 16.7 Å². The lowest BCUT2D eigenvalue weighted by atomic mass is 9.76. The maximum absolute atomic E-state index is 5.55. The second-order valence-electron chi connectivity index (χ2n) is 11.6. The molecule has 2 heterocycles. The van der Waals surface area contributed by atoms with Crippen LogP contribution in [-0.2, 0) is 6.42 Å². The van der Waals surface area contributed by atoms with Crippen LogP contribution >= 0.6 is 0 Å². The normalized spacial score (nSPS) is 18.8. The van der Waals surface area contributed by atoms with Gasteiger partial charge in [-0.1, -0.05) is 93.1 Å². The molecule has 0 radical (unpaired) electrons. The van der Waals surface area contributed by atoms with Crippen LogP contribution in [0.3, 0.4) is 0 Å². The molecule has 2 aromatic heterocycles. The predicted molar refractivity (Wildman–Crippen MR) is 150 cm³/mol. The monoisotopic (exact) mass is 470 g/mol. The Hall–Kier alpha value is -3.13. The van der Waals surface area contributed by atoms with Crippen molar-refractivity contribution in [2.45, 2.75) is 82.5 Å². The van der Waals surface area contributed by atoms with Crippen molar-refractivity contribution in [3.8, 4) is 11.4 Å². The number of rotatable bonds is 3. The van der Waals surface area contributed by atoms with E-state index in [0.29, 0.717) is 11.8 Å². The van der Waals surface area contributed by atoms with Crippen LogP contribution < -0.4 is 0 Å². The predicted octanol–water partition coefficient (Wildman–Crippen LogP) is 9.31. The average molecular weight is 471 g/mol. The van der Waals surface area contributed by atoms with Crippen LogP contribution in [0.5, 0.6) is 0 Å². The molecule has 0 amide bonds. The third-order valence-corrected chi connectivity index (χ3v) is 9.57. The zero-order valence-electron chi connectivity index (χ0n) is 21.1. The van der Waals surface area contributed by atoms with Gasteiger partial charge in [-0.2, -0.15) is 0 Å². The van der Waals surface area contributed by atoms with Crippen LogP contribution in [0.2, 0.25) is 0 Å². The van der Waals surface area contributed by atoms with Crippen molar-refractivity contribution in [2.24, 2.45) is 0 Å². The molecule has 0 unspecified atom stereocenters. The molecule has 5 aromatic rings. The van der Waals surface area contributed by atoms with Gasteiger partial charge in [0.1, 0.15) is 5.82 Å². The Balaban J connectivity index is 1.48. The average Bonchev–Trinajstić information content (AvgIpc) is 3.50. The highest BCUT2D eigenvalue weighted by molar-refractivity contribution is 6.16. The maximum atomic E-state index is 5.55. The summed E-state index contributed by atoms with van der Waals surface area (Å²) < 4.78 is 2.57. The fourth-order valence-corrected chi connectivity index (χ4v) is 7.93. The van der Waals surface area contributed by atoms with E-state index in [4.69, 9.17) is 4.98 Å². The molecule has 3 aliphatic rings. The summed E-state index contributed by atoms with van der Waals surface area (Å²) in [5.41, 5.74) is 10.0. The molecule has 0 atom stereocenters. The van der Waals surface area contributed by atoms with Crippen LogP contribution in [-0.4, -0.2) is 9.38 Å². The molecule has 3 aromatic carbocycles. The summed E-state index contributed by atoms with van der Waals surface area (Å²) in [6.07, 6.45) is 14.5. The van der Waals surface area contributed by atoms with E-state index in [1.165, 1.54) is 114 Å². The summed E-state index contributed by atoms with van der Waals surface area (Å²) in [6.45, 7) is 0. The van der Waals surface area contributed by atoms with Crippen molar-refractivity contribution in [3.63, 3.8) is 0 Å². The Morgan fingerprint density at radius 3 is 2.00 bits per heavy atom. The third-order valence-electron chi connectivity index (χ3n) is 9.57. The summed E-state index contributed by atoms with van der Waals surface area (Å²) in [5.74, 6) is 2.55. The van der Waals surface area contributed by atoms with Gasteiger partial charge >= 0.3 is 0 Å². The minimum absolute atomic E-state index is 0.665. The number of para-hydroxylation sites is 1. The summed E-state index contributed by atoms with van der Waals surface area (Å²) in [7, 11) is 0. The Kier molecular flexibility index (Phi) is 4.78. The van der Waals surface area contributed by atoms with Crippen molar-refractivity contribution in [1.29, 1.82) is 0 Å². The molecule has 0 spiro atoms. The van der Waals surface area contributed by atoms with Gasteiger partial charge in [0, 0.05) is 22.8 Å². The zero-order valence-corrected chi connectivity index (χ0v) is 21.1. The second-order valence-corrected chi connectivity index (χ2v) is 11.6. The second kappa shape index (κ2) is 8.20. The van der Waals surface area contributed by atoms with E-state index in [-0.39, 0.29) is 0 Å². The summed E-state index contributed by atoms with van der Waals surface area (Å²) in [4.78, 5) is 5.55. The van der Waals surface area contributed by atoms with Crippen molar-refractivity contribution in [3.05, 3.63) is 83.0 Å². The number of hydrogen-bond acceptors (Lipinski definition) is 1. The quantitative estimate of drug-likeness (QED) is 0.236. The third kappa shape index (κ3) is 3.00. The van der Waals surface area contributed by atoms with E-state index in [9.17, 15) is 0 Å². The molecule has 2 heteroatoms. The Bertz CT molecular complexity index is 1590. The van der Waals surface area contributed by atoms with Gasteiger partial charge in [0.2, 0.25) is 0 Å². The smallest absolute Gasteiger partial charge is 0.145 e. The molecule has 0 saturated heterocycles. The van der Waals surface area contributed by atoms with E-state index in [0.717, 1.165) is 6.42 Å².